The van der Waals surface area contributed by atoms with Crippen LogP contribution in [0.3, 0.4) is 0 Å². The molecule has 2 heterocycles. The van der Waals surface area contributed by atoms with Crippen LogP contribution in [0.4, 0.5) is 43.9 Å². The lowest BCUT2D eigenvalue weighted by Crippen LogP contribution is -2.70. The average Bonchev–Trinajstić information content (AvgIpc) is 3.56. The van der Waals surface area contributed by atoms with E-state index in [1.807, 2.05) is 83.1 Å². The Morgan fingerprint density at radius 1 is 0.559 bits per heavy atom. The summed E-state index contributed by atoms with van der Waals surface area (Å²) in [6, 6.07) is 8.33. The Balaban J connectivity index is 2.01. The van der Waals surface area contributed by atoms with E-state index in [-0.39, 0.29) is 47.0 Å². The third-order valence-corrected chi connectivity index (χ3v) is 19.3. The van der Waals surface area contributed by atoms with Crippen molar-refractivity contribution in [3.63, 3.8) is 0 Å². The van der Waals surface area contributed by atoms with Crippen LogP contribution in [0.25, 0.3) is 0 Å². The molecule has 0 amide bonds. The van der Waals surface area contributed by atoms with Crippen LogP contribution in [0.1, 0.15) is 159 Å². The standard InChI is InChI=1S/C52H60BF10O4P/c1-22(2)28-16-30(24(5)6)47(31(17-28)25(7)8)68(48-32(26(9)10)18-29(23(3)4)19-33(48)27(11)12)21-52(13)20-53(35-37(54)41(58)45(62)42(59)38(35)55,36-39(56)43(60)46(63)44(61)40(36)57)67-51(66-15)34(52)49(68)50(64)65-14/h16-19,22-27,34H,20-21H2,1-15H3/t34-,52-/m1/s1. The van der Waals surface area contributed by atoms with Gasteiger partial charge in [-0.05, 0) is 98.0 Å². The van der Waals surface area contributed by atoms with E-state index in [0.717, 1.165) is 58.2 Å². The molecule has 68 heavy (non-hydrogen) atoms. The smallest absolute Gasteiger partial charge is 0.436 e. The topological polar surface area (TPSA) is 46.8 Å². The second-order valence-corrected chi connectivity index (χ2v) is 24.0. The van der Waals surface area contributed by atoms with Gasteiger partial charge in [-0.25, -0.2) is 48.7 Å². The molecule has 0 saturated carbocycles. The minimum absolute atomic E-state index is 0.0246. The second kappa shape index (κ2) is 18.7. The maximum Gasteiger partial charge on any atom is 0.436 e. The molecule has 2 atom stereocenters. The van der Waals surface area contributed by atoms with Crippen molar-refractivity contribution in [2.75, 3.05) is 20.4 Å². The van der Waals surface area contributed by atoms with Crippen LogP contribution in [0.15, 0.2) is 24.3 Å². The number of ether oxygens (including phenoxy) is 2. The maximum atomic E-state index is 16.7. The van der Waals surface area contributed by atoms with Crippen molar-refractivity contribution in [2.45, 2.75) is 132 Å². The molecule has 0 unspecified atom stereocenters. The summed E-state index contributed by atoms with van der Waals surface area (Å²) >= 11 is 0. The van der Waals surface area contributed by atoms with Gasteiger partial charge in [-0.3, -0.25) is 0 Å². The highest BCUT2D eigenvalue weighted by atomic mass is 31.2. The SMILES string of the molecule is COC(=O)C1=P(c2c(C(C)C)cc(C(C)C)cc2C(C)C)(c2c(C(C)C)cc(C(C)C)cc2C(C)C)C[C@@]2(C)C[B-](c3c(F)c(F)c(F)c(F)c3F)(c3c(F)c(F)c(F)c(F)c3F)[O+]=C(OC)[C@@H]12. The molecule has 0 bridgehead atoms. The average molecular weight is 981 g/mol. The van der Waals surface area contributed by atoms with E-state index in [4.69, 9.17) is 13.8 Å². The zero-order chi connectivity index (χ0) is 51.2. The van der Waals surface area contributed by atoms with Gasteiger partial charge >= 0.3 is 18.3 Å². The highest BCUT2D eigenvalue weighted by Crippen LogP contribution is 2.67. The molecular formula is C52H60BF10O4P. The first kappa shape index (κ1) is 52.8. The van der Waals surface area contributed by atoms with Crippen molar-refractivity contribution in [3.8, 4) is 0 Å². The van der Waals surface area contributed by atoms with Gasteiger partial charge in [-0.2, -0.15) is 0 Å². The van der Waals surface area contributed by atoms with Gasteiger partial charge < -0.3 is 13.8 Å². The van der Waals surface area contributed by atoms with E-state index in [9.17, 15) is 8.78 Å². The van der Waals surface area contributed by atoms with Crippen molar-refractivity contribution < 1.29 is 62.5 Å². The first-order chi connectivity index (χ1) is 31.5. The van der Waals surface area contributed by atoms with Crippen molar-refractivity contribution in [2.24, 2.45) is 11.3 Å². The maximum absolute atomic E-state index is 16.7. The zero-order valence-corrected chi connectivity index (χ0v) is 42.1. The molecule has 6 rings (SSSR count). The summed E-state index contributed by atoms with van der Waals surface area (Å²) < 4.78 is 177. The third-order valence-electron chi connectivity index (χ3n) is 14.3. The molecule has 0 radical (unpaired) electrons. The minimum atomic E-state index is -4.83. The monoisotopic (exact) mass is 980 g/mol. The van der Waals surface area contributed by atoms with E-state index >= 15 is 39.9 Å². The number of hydrogen-bond donors (Lipinski definition) is 0. The quantitative estimate of drug-likeness (QED) is 0.0286. The molecule has 4 nitrogen and oxygen atoms in total. The molecule has 0 spiro atoms. The molecule has 0 aromatic heterocycles. The molecule has 370 valence electrons. The molecule has 0 N–H and O–H groups in total. The van der Waals surface area contributed by atoms with Crippen LogP contribution in [0.2, 0.25) is 6.32 Å². The first-order valence-electron chi connectivity index (χ1n) is 23.0. The van der Waals surface area contributed by atoms with Crippen LogP contribution in [-0.2, 0) is 18.6 Å². The van der Waals surface area contributed by atoms with Crippen molar-refractivity contribution in [1.29, 1.82) is 0 Å². The van der Waals surface area contributed by atoms with Gasteiger partial charge in [0.2, 0.25) is 0 Å². The number of rotatable bonds is 11. The highest BCUT2D eigenvalue weighted by Gasteiger charge is 2.67. The number of benzene rings is 4. The fraction of sp³-hybridized carbons (Fsp3) is 0.481. The number of carbonyl (C=O) groups is 1. The molecule has 0 fully saturated rings. The number of fused-ring (bicyclic) bond motifs is 1. The Morgan fingerprint density at radius 3 is 1.13 bits per heavy atom. The fourth-order valence-electron chi connectivity index (χ4n) is 11.1. The van der Waals surface area contributed by atoms with E-state index in [2.05, 4.69) is 24.3 Å². The van der Waals surface area contributed by atoms with Crippen LogP contribution in [-0.4, -0.2) is 44.0 Å². The number of hydrogen-bond acceptors (Lipinski definition) is 3. The Morgan fingerprint density at radius 2 is 0.868 bits per heavy atom. The summed E-state index contributed by atoms with van der Waals surface area (Å²) in [5.74, 6) is -30.1. The molecular weight excluding hydrogens is 920 g/mol. The Labute approximate surface area is 392 Å². The molecule has 0 saturated heterocycles. The summed E-state index contributed by atoms with van der Waals surface area (Å²) in [6.07, 6.45) is -6.20. The number of methoxy groups -OCH3 is 2. The lowest BCUT2D eigenvalue weighted by molar-refractivity contribution is -0.328. The molecule has 0 aliphatic carbocycles. The van der Waals surface area contributed by atoms with Gasteiger partial charge in [0.05, 0.1) is 12.4 Å². The summed E-state index contributed by atoms with van der Waals surface area (Å²) in [5, 5.41) is 1.58. The van der Waals surface area contributed by atoms with E-state index in [1.165, 1.54) is 6.92 Å². The predicted molar refractivity (Wildman–Crippen MR) is 251 cm³/mol. The van der Waals surface area contributed by atoms with Gasteiger partial charge in [0.1, 0.15) is 29.2 Å². The lowest BCUT2D eigenvalue weighted by atomic mass is 9.26. The number of halogens is 10. The Bertz CT molecular complexity index is 2550. The summed E-state index contributed by atoms with van der Waals surface area (Å²) in [5.41, 5.74) is -0.469. The first-order valence-corrected chi connectivity index (χ1v) is 25.0. The predicted octanol–water partition coefficient (Wildman–Crippen LogP) is 12.3. The number of carbonyl (C=O) groups excluding carboxylic acids is 2. The highest BCUT2D eigenvalue weighted by molar-refractivity contribution is 7.91. The van der Waals surface area contributed by atoms with Gasteiger partial charge in [0.15, 0.2) is 42.0 Å². The van der Waals surface area contributed by atoms with Gasteiger partial charge in [-0.1, -0.05) is 132 Å². The van der Waals surface area contributed by atoms with Crippen LogP contribution < -0.4 is 21.5 Å². The Kier molecular flexibility index (Phi) is 14.5. The van der Waals surface area contributed by atoms with Crippen LogP contribution in [0.5, 0.6) is 0 Å². The normalized spacial score (nSPS) is 19.0. The third kappa shape index (κ3) is 7.92. The summed E-state index contributed by atoms with van der Waals surface area (Å²) in [7, 11) is 2.16. The van der Waals surface area contributed by atoms with Gasteiger partial charge in [-0.15, -0.1) is 0 Å². The zero-order valence-electron chi connectivity index (χ0n) is 41.2. The van der Waals surface area contributed by atoms with Gasteiger partial charge in [0, 0.05) is 0 Å². The van der Waals surface area contributed by atoms with Crippen molar-refractivity contribution in [3.05, 3.63) is 116 Å². The van der Waals surface area contributed by atoms with E-state index in [1.54, 1.807) is 0 Å². The Hall–Kier alpha value is -4.52. The number of esters is 2. The van der Waals surface area contributed by atoms with E-state index < -0.39 is 112 Å². The van der Waals surface area contributed by atoms with Gasteiger partial charge in [0.25, 0.3) is 0 Å². The summed E-state index contributed by atoms with van der Waals surface area (Å²) in [4.78, 5) is 15.4. The van der Waals surface area contributed by atoms with Crippen LogP contribution >= 0.6 is 6.89 Å². The fourth-order valence-corrected chi connectivity index (χ4v) is 18.0. The molecule has 4 aromatic carbocycles. The van der Waals surface area contributed by atoms with Crippen molar-refractivity contribution in [1.82, 2.24) is 0 Å². The summed E-state index contributed by atoms with van der Waals surface area (Å²) in [6.45, 7) is 21.9. The molecule has 2 aliphatic rings. The molecule has 4 aromatic rings. The minimum Gasteiger partial charge on any atom is -0.568 e. The lowest BCUT2D eigenvalue weighted by Gasteiger charge is -2.46. The molecule has 2 aliphatic heterocycles. The second-order valence-electron chi connectivity index (χ2n) is 20.7. The van der Waals surface area contributed by atoms with Crippen molar-refractivity contribution >= 4 is 52.0 Å². The van der Waals surface area contributed by atoms with Crippen LogP contribution in [0, 0.1) is 69.5 Å². The molecule has 16 heteroatoms. The van der Waals surface area contributed by atoms with E-state index in [0.29, 0.717) is 0 Å². The largest absolute Gasteiger partial charge is 0.568 e.